The van der Waals surface area contributed by atoms with Crippen molar-refractivity contribution in [2.24, 2.45) is 0 Å². The summed E-state index contributed by atoms with van der Waals surface area (Å²) in [5.74, 6) is -3.18. The molecule has 0 aliphatic heterocycles. The van der Waals surface area contributed by atoms with E-state index in [2.05, 4.69) is 0 Å². The normalized spacial score (nSPS) is 13.5. The third-order valence-corrected chi connectivity index (χ3v) is 1.60. The summed E-state index contributed by atoms with van der Waals surface area (Å²) >= 11 is 0.0278. The highest BCUT2D eigenvalue weighted by molar-refractivity contribution is 8.01. The topological polar surface area (TPSA) is 135 Å². The number of hydrogen-bond acceptors (Lipinski definition) is 6. The fourth-order valence-corrected chi connectivity index (χ4v) is 0.716. The van der Waals surface area contributed by atoms with E-state index in [1.807, 2.05) is 0 Å². The molecule has 0 saturated carbocycles. The van der Waals surface area contributed by atoms with Gasteiger partial charge in [-0.25, -0.2) is 9.59 Å². The number of rotatable bonds is 4. The molecule has 0 aromatic carbocycles. The summed E-state index contributed by atoms with van der Waals surface area (Å²) in [5.41, 5.74) is -3.83. The van der Waals surface area contributed by atoms with Crippen molar-refractivity contribution < 1.29 is 35.1 Å². The SMILES string of the molecule is CO.O=C(O)C(O)SC(O)C(=O)O. The van der Waals surface area contributed by atoms with Crippen LogP contribution in [0, 0.1) is 0 Å². The van der Waals surface area contributed by atoms with Crippen molar-refractivity contribution >= 4 is 23.7 Å². The predicted molar refractivity (Wildman–Crippen MR) is 43.0 cm³/mol. The Balaban J connectivity index is 0. The van der Waals surface area contributed by atoms with Gasteiger partial charge in [0, 0.05) is 7.11 Å². The number of carboxylic acids is 2. The largest absolute Gasteiger partial charge is 0.479 e. The van der Waals surface area contributed by atoms with Gasteiger partial charge in [0.05, 0.1) is 0 Å². The summed E-state index contributed by atoms with van der Waals surface area (Å²) in [6.45, 7) is 0. The molecule has 2 unspecified atom stereocenters. The second-order valence-electron chi connectivity index (χ2n) is 1.52. The Morgan fingerprint density at radius 2 is 1.23 bits per heavy atom. The summed E-state index contributed by atoms with van der Waals surface area (Å²) in [4.78, 5) is 19.8. The quantitative estimate of drug-likeness (QED) is 0.343. The van der Waals surface area contributed by atoms with Gasteiger partial charge in [0.15, 0.2) is 0 Å². The molecule has 0 aromatic rings. The summed E-state index contributed by atoms with van der Waals surface area (Å²) in [5, 5.41) is 40.0. The number of hydrogen-bond donors (Lipinski definition) is 5. The van der Waals surface area contributed by atoms with Crippen LogP contribution in [0.4, 0.5) is 0 Å². The Hall–Kier alpha value is -0.830. The molecule has 13 heavy (non-hydrogen) atoms. The molecule has 0 bridgehead atoms. The monoisotopic (exact) mass is 214 g/mol. The van der Waals surface area contributed by atoms with Crippen molar-refractivity contribution in [2.75, 3.05) is 7.11 Å². The van der Waals surface area contributed by atoms with Crippen molar-refractivity contribution in [1.82, 2.24) is 0 Å². The van der Waals surface area contributed by atoms with E-state index >= 15 is 0 Å². The Morgan fingerprint density at radius 1 is 1.00 bits per heavy atom. The molecule has 0 aliphatic rings. The highest BCUT2D eigenvalue weighted by Crippen LogP contribution is 2.13. The van der Waals surface area contributed by atoms with Gasteiger partial charge in [0.1, 0.15) is 0 Å². The summed E-state index contributed by atoms with van der Waals surface area (Å²) < 4.78 is 0. The van der Waals surface area contributed by atoms with Crippen LogP contribution in [-0.2, 0) is 9.59 Å². The van der Waals surface area contributed by atoms with Gasteiger partial charge in [0.25, 0.3) is 0 Å². The zero-order valence-electron chi connectivity index (χ0n) is 6.62. The van der Waals surface area contributed by atoms with Gasteiger partial charge >= 0.3 is 11.9 Å². The van der Waals surface area contributed by atoms with Crippen molar-refractivity contribution in [3.63, 3.8) is 0 Å². The molecule has 0 fully saturated rings. The molecule has 0 heterocycles. The Morgan fingerprint density at radius 3 is 1.38 bits per heavy atom. The molecule has 2 atom stereocenters. The highest BCUT2D eigenvalue weighted by atomic mass is 32.2. The van der Waals surface area contributed by atoms with Gasteiger partial charge in [0.2, 0.25) is 10.9 Å². The smallest absolute Gasteiger partial charge is 0.343 e. The van der Waals surface area contributed by atoms with Crippen LogP contribution in [0.3, 0.4) is 0 Å². The summed E-state index contributed by atoms with van der Waals surface area (Å²) in [6.07, 6.45) is 0. The van der Waals surface area contributed by atoms with Crippen LogP contribution in [0.2, 0.25) is 0 Å². The number of carboxylic acid groups (broad SMARTS) is 2. The zero-order chi connectivity index (χ0) is 11.0. The zero-order valence-corrected chi connectivity index (χ0v) is 7.43. The van der Waals surface area contributed by atoms with Crippen LogP contribution >= 0.6 is 11.8 Å². The highest BCUT2D eigenvalue weighted by Gasteiger charge is 2.23. The molecule has 5 N–H and O–H groups in total. The van der Waals surface area contributed by atoms with E-state index in [1.165, 1.54) is 0 Å². The fourth-order valence-electron chi connectivity index (χ4n) is 0.239. The molecule has 0 aromatic heterocycles. The number of aliphatic carboxylic acids is 2. The van der Waals surface area contributed by atoms with Crippen LogP contribution in [0.15, 0.2) is 0 Å². The first-order valence-corrected chi connectivity index (χ1v) is 3.81. The standard InChI is InChI=1S/C4H6O6S.CH4O/c5-1(6)3(9)11-4(10)2(7)8;1-2/h3-4,9-10H,(H,5,6)(H,7,8);2H,1H3. The van der Waals surface area contributed by atoms with Crippen LogP contribution < -0.4 is 0 Å². The van der Waals surface area contributed by atoms with Crippen molar-refractivity contribution in [3.8, 4) is 0 Å². The van der Waals surface area contributed by atoms with Crippen LogP contribution in [0.5, 0.6) is 0 Å². The van der Waals surface area contributed by atoms with E-state index in [-0.39, 0.29) is 11.8 Å². The maximum Gasteiger partial charge on any atom is 0.343 e. The number of carbonyl (C=O) groups is 2. The van der Waals surface area contributed by atoms with Crippen LogP contribution in [0.25, 0.3) is 0 Å². The first-order chi connectivity index (χ1) is 5.95. The lowest BCUT2D eigenvalue weighted by molar-refractivity contribution is -0.142. The Labute approximate surface area is 77.6 Å². The molecule has 0 amide bonds. The van der Waals surface area contributed by atoms with Crippen LogP contribution in [0.1, 0.15) is 0 Å². The molecule has 7 nitrogen and oxygen atoms in total. The van der Waals surface area contributed by atoms with Gasteiger partial charge in [-0.2, -0.15) is 0 Å². The Bertz CT molecular complexity index is 152. The summed E-state index contributed by atoms with van der Waals surface area (Å²) in [7, 11) is 1.00. The maximum atomic E-state index is 9.88. The van der Waals surface area contributed by atoms with Gasteiger partial charge in [-0.1, -0.05) is 11.8 Å². The van der Waals surface area contributed by atoms with Gasteiger partial charge in [-0.15, -0.1) is 0 Å². The van der Waals surface area contributed by atoms with Gasteiger partial charge < -0.3 is 25.5 Å². The molecule has 0 saturated heterocycles. The van der Waals surface area contributed by atoms with Crippen molar-refractivity contribution in [3.05, 3.63) is 0 Å². The molecule has 0 radical (unpaired) electrons. The van der Waals surface area contributed by atoms with Crippen LogP contribution in [-0.4, -0.2) is 55.5 Å². The molecule has 0 rings (SSSR count). The molecule has 0 aliphatic carbocycles. The Kier molecular flexibility index (Phi) is 8.81. The second kappa shape index (κ2) is 7.80. The number of thioether (sulfide) groups is 1. The minimum atomic E-state index is -1.92. The van der Waals surface area contributed by atoms with E-state index in [0.29, 0.717) is 0 Å². The average Bonchev–Trinajstić information content (AvgIpc) is 2.07. The van der Waals surface area contributed by atoms with Gasteiger partial charge in [-0.3, -0.25) is 0 Å². The minimum absolute atomic E-state index is 0.0278. The maximum absolute atomic E-state index is 9.88. The molecular weight excluding hydrogens is 204 g/mol. The van der Waals surface area contributed by atoms with Gasteiger partial charge in [-0.05, 0) is 0 Å². The van der Waals surface area contributed by atoms with E-state index in [1.54, 1.807) is 0 Å². The van der Waals surface area contributed by atoms with E-state index in [0.717, 1.165) is 7.11 Å². The van der Waals surface area contributed by atoms with E-state index < -0.39 is 22.8 Å². The lowest BCUT2D eigenvalue weighted by atomic mass is 10.7. The van der Waals surface area contributed by atoms with Crippen molar-refractivity contribution in [1.29, 1.82) is 0 Å². The van der Waals surface area contributed by atoms with E-state index in [4.69, 9.17) is 25.5 Å². The van der Waals surface area contributed by atoms with E-state index in [9.17, 15) is 9.59 Å². The lowest BCUT2D eigenvalue weighted by Gasteiger charge is -2.06. The second-order valence-corrected chi connectivity index (χ2v) is 2.68. The molecule has 78 valence electrons. The lowest BCUT2D eigenvalue weighted by Crippen LogP contribution is -2.24. The first kappa shape index (κ1) is 14.7. The summed E-state index contributed by atoms with van der Waals surface area (Å²) in [6, 6.07) is 0. The fraction of sp³-hybridized carbons (Fsp3) is 0.600. The molecule has 0 spiro atoms. The third-order valence-electron chi connectivity index (χ3n) is 0.680. The third kappa shape index (κ3) is 7.53. The predicted octanol–water partition coefficient (Wildman–Crippen LogP) is -1.87. The van der Waals surface area contributed by atoms with Crippen molar-refractivity contribution in [2.45, 2.75) is 10.9 Å². The molecular formula is C5H10O7S. The average molecular weight is 214 g/mol. The minimum Gasteiger partial charge on any atom is -0.479 e. The molecule has 8 heteroatoms. The first-order valence-electron chi connectivity index (χ1n) is 2.87. The number of aliphatic hydroxyl groups excluding tert-OH is 3. The number of aliphatic hydroxyl groups is 3.